The lowest BCUT2D eigenvalue weighted by molar-refractivity contribution is -0.142. The summed E-state index contributed by atoms with van der Waals surface area (Å²) < 4.78 is 5.23. The summed E-state index contributed by atoms with van der Waals surface area (Å²) in [6, 6.07) is 5.20. The third kappa shape index (κ3) is 2.54. The lowest BCUT2D eigenvalue weighted by atomic mass is 9.94. The van der Waals surface area contributed by atoms with E-state index in [0.29, 0.717) is 30.7 Å². The van der Waals surface area contributed by atoms with Gasteiger partial charge >= 0.3 is 11.9 Å². The first kappa shape index (κ1) is 14.2. The molecule has 1 aromatic rings. The fourth-order valence-electron chi connectivity index (χ4n) is 2.66. The first-order chi connectivity index (χ1) is 9.56. The second-order valence-corrected chi connectivity index (χ2v) is 4.72. The number of carboxylic acids is 2. The van der Waals surface area contributed by atoms with Gasteiger partial charge in [0.2, 0.25) is 0 Å². The normalized spacial score (nSPS) is 22.4. The Labute approximate surface area is 116 Å². The van der Waals surface area contributed by atoms with Gasteiger partial charge in [-0.05, 0) is 31.4 Å². The van der Waals surface area contributed by atoms with Gasteiger partial charge in [0.05, 0.1) is 12.8 Å². The zero-order valence-corrected chi connectivity index (χ0v) is 11.2. The predicted molar refractivity (Wildman–Crippen MR) is 72.2 cm³/mol. The second kappa shape index (κ2) is 5.81. The van der Waals surface area contributed by atoms with Crippen LogP contribution in [0.1, 0.15) is 19.3 Å². The van der Waals surface area contributed by atoms with Crippen molar-refractivity contribution in [3.8, 4) is 5.75 Å². The van der Waals surface area contributed by atoms with E-state index in [-0.39, 0.29) is 0 Å². The van der Waals surface area contributed by atoms with Crippen molar-refractivity contribution in [1.29, 1.82) is 0 Å². The summed E-state index contributed by atoms with van der Waals surface area (Å²) in [5.74, 6) is -1.55. The first-order valence-corrected chi connectivity index (χ1v) is 6.43. The number of hydrogen-bond donors (Lipinski definition) is 2. The summed E-state index contributed by atoms with van der Waals surface area (Å²) in [5, 5.41) is 18.7. The van der Waals surface area contributed by atoms with Gasteiger partial charge in [0, 0.05) is 0 Å². The Balaban J connectivity index is 2.49. The third-order valence-corrected chi connectivity index (χ3v) is 3.56. The van der Waals surface area contributed by atoms with Crippen LogP contribution in [0.5, 0.6) is 5.75 Å². The van der Waals surface area contributed by atoms with Gasteiger partial charge in [0.15, 0.2) is 0 Å². The van der Waals surface area contributed by atoms with Crippen molar-refractivity contribution in [1.82, 2.24) is 0 Å². The molecule has 0 bridgehead atoms. The van der Waals surface area contributed by atoms with Crippen molar-refractivity contribution in [3.63, 3.8) is 0 Å². The quantitative estimate of drug-likeness (QED) is 0.870. The molecule has 1 saturated heterocycles. The number of ether oxygens (including phenoxy) is 1. The number of nitrogens with zero attached hydrogens (tertiary/aromatic N) is 1. The minimum absolute atomic E-state index is 0.428. The van der Waals surface area contributed by atoms with Crippen molar-refractivity contribution in [2.75, 3.05) is 12.0 Å². The number of benzene rings is 1. The van der Waals surface area contributed by atoms with Gasteiger partial charge in [-0.25, -0.2) is 9.59 Å². The maximum Gasteiger partial charge on any atom is 0.326 e. The Morgan fingerprint density at radius 3 is 2.20 bits per heavy atom. The summed E-state index contributed by atoms with van der Waals surface area (Å²) in [6.45, 7) is 0. The molecule has 2 N–H and O–H groups in total. The minimum atomic E-state index is -1.01. The van der Waals surface area contributed by atoms with E-state index in [1.807, 2.05) is 0 Å². The molecule has 0 unspecified atom stereocenters. The third-order valence-electron chi connectivity index (χ3n) is 3.56. The maximum atomic E-state index is 11.4. The fraction of sp³-hybridized carbons (Fsp3) is 0.429. The number of hydrogen-bond acceptors (Lipinski definition) is 4. The lowest BCUT2D eigenvalue weighted by Gasteiger charge is -2.40. The number of piperidine rings is 1. The zero-order chi connectivity index (χ0) is 14.7. The van der Waals surface area contributed by atoms with E-state index in [1.165, 1.54) is 12.0 Å². The molecule has 2 atom stereocenters. The Morgan fingerprint density at radius 2 is 1.70 bits per heavy atom. The van der Waals surface area contributed by atoms with Gasteiger partial charge in [-0.2, -0.15) is 0 Å². The van der Waals surface area contributed by atoms with Crippen LogP contribution in [-0.4, -0.2) is 41.3 Å². The molecule has 1 aliphatic heterocycles. The highest BCUT2D eigenvalue weighted by Gasteiger charge is 2.39. The molecule has 2 rings (SSSR count). The number of para-hydroxylation sites is 2. The molecule has 6 heteroatoms. The smallest absolute Gasteiger partial charge is 0.326 e. The molecule has 0 spiro atoms. The molecular formula is C14H17NO5. The minimum Gasteiger partial charge on any atom is -0.495 e. The van der Waals surface area contributed by atoms with Crippen molar-refractivity contribution < 1.29 is 24.5 Å². The molecule has 0 saturated carbocycles. The molecule has 1 aromatic carbocycles. The summed E-state index contributed by atoms with van der Waals surface area (Å²) in [5.41, 5.74) is 0.509. The SMILES string of the molecule is COc1ccccc1N1[C@@H](C(=O)O)CCC[C@H]1C(=O)O. The van der Waals surface area contributed by atoms with Crippen molar-refractivity contribution in [3.05, 3.63) is 24.3 Å². The summed E-state index contributed by atoms with van der Waals surface area (Å²) >= 11 is 0. The van der Waals surface area contributed by atoms with Crippen LogP contribution in [0.15, 0.2) is 24.3 Å². The highest BCUT2D eigenvalue weighted by molar-refractivity contribution is 5.86. The summed E-state index contributed by atoms with van der Waals surface area (Å²) in [4.78, 5) is 24.3. The number of carboxylic acid groups (broad SMARTS) is 2. The van der Waals surface area contributed by atoms with Gasteiger partial charge < -0.3 is 19.8 Å². The zero-order valence-electron chi connectivity index (χ0n) is 11.2. The molecule has 0 amide bonds. The van der Waals surface area contributed by atoms with E-state index in [1.54, 1.807) is 24.3 Å². The number of rotatable bonds is 4. The molecule has 1 heterocycles. The number of aliphatic carboxylic acids is 2. The van der Waals surface area contributed by atoms with Gasteiger partial charge in [-0.3, -0.25) is 0 Å². The Morgan fingerprint density at radius 1 is 1.15 bits per heavy atom. The van der Waals surface area contributed by atoms with Crippen LogP contribution in [0.2, 0.25) is 0 Å². The maximum absolute atomic E-state index is 11.4. The fourth-order valence-corrected chi connectivity index (χ4v) is 2.66. The lowest BCUT2D eigenvalue weighted by Crippen LogP contribution is -2.54. The highest BCUT2D eigenvalue weighted by Crippen LogP contribution is 2.35. The summed E-state index contributed by atoms with van der Waals surface area (Å²) in [7, 11) is 1.48. The average molecular weight is 279 g/mol. The Kier molecular flexibility index (Phi) is 4.12. The van der Waals surface area contributed by atoms with Crippen LogP contribution in [0, 0.1) is 0 Å². The molecule has 108 valence electrons. The standard InChI is InChI=1S/C14H17NO5/c1-20-12-8-3-2-5-9(12)15-10(13(16)17)6-4-7-11(15)14(18)19/h2-3,5,8,10-11H,4,6-7H2,1H3,(H,16,17)(H,18,19)/t10-,11+. The van der Waals surface area contributed by atoms with E-state index in [9.17, 15) is 19.8 Å². The van der Waals surface area contributed by atoms with Gasteiger partial charge in [0.1, 0.15) is 17.8 Å². The van der Waals surface area contributed by atoms with E-state index >= 15 is 0 Å². The van der Waals surface area contributed by atoms with Crippen molar-refractivity contribution in [2.45, 2.75) is 31.3 Å². The van der Waals surface area contributed by atoms with Crippen LogP contribution < -0.4 is 9.64 Å². The molecule has 1 aliphatic rings. The van der Waals surface area contributed by atoms with Crippen LogP contribution in [0.25, 0.3) is 0 Å². The number of methoxy groups -OCH3 is 1. The largest absolute Gasteiger partial charge is 0.495 e. The van der Waals surface area contributed by atoms with E-state index in [4.69, 9.17) is 4.74 Å². The number of anilines is 1. The van der Waals surface area contributed by atoms with E-state index in [0.717, 1.165) is 0 Å². The molecule has 0 aliphatic carbocycles. The predicted octanol–water partition coefficient (Wildman–Crippen LogP) is 1.59. The Hall–Kier alpha value is -2.24. The number of carbonyl (C=O) groups is 2. The van der Waals surface area contributed by atoms with Gasteiger partial charge in [-0.1, -0.05) is 12.1 Å². The van der Waals surface area contributed by atoms with Crippen LogP contribution in [-0.2, 0) is 9.59 Å². The first-order valence-electron chi connectivity index (χ1n) is 6.43. The van der Waals surface area contributed by atoms with Crippen LogP contribution in [0.3, 0.4) is 0 Å². The highest BCUT2D eigenvalue weighted by atomic mass is 16.5. The Bertz CT molecular complexity index is 494. The molecule has 20 heavy (non-hydrogen) atoms. The van der Waals surface area contributed by atoms with Gasteiger partial charge in [0.25, 0.3) is 0 Å². The van der Waals surface area contributed by atoms with Crippen molar-refractivity contribution in [2.24, 2.45) is 0 Å². The monoisotopic (exact) mass is 279 g/mol. The van der Waals surface area contributed by atoms with Crippen molar-refractivity contribution >= 4 is 17.6 Å². The topological polar surface area (TPSA) is 87.1 Å². The molecule has 1 fully saturated rings. The molecular weight excluding hydrogens is 262 g/mol. The van der Waals surface area contributed by atoms with E-state index in [2.05, 4.69) is 0 Å². The molecule has 6 nitrogen and oxygen atoms in total. The van der Waals surface area contributed by atoms with Crippen LogP contribution in [0.4, 0.5) is 5.69 Å². The van der Waals surface area contributed by atoms with Crippen LogP contribution >= 0.6 is 0 Å². The average Bonchev–Trinajstić information content (AvgIpc) is 2.46. The van der Waals surface area contributed by atoms with E-state index < -0.39 is 24.0 Å². The molecule has 0 radical (unpaired) electrons. The molecule has 0 aromatic heterocycles. The van der Waals surface area contributed by atoms with Gasteiger partial charge in [-0.15, -0.1) is 0 Å². The summed E-state index contributed by atoms with van der Waals surface area (Å²) in [6.07, 6.45) is 1.44. The second-order valence-electron chi connectivity index (χ2n) is 4.72.